The molecule has 0 aliphatic heterocycles. The zero-order valence-electron chi connectivity index (χ0n) is 14.3. The van der Waals surface area contributed by atoms with E-state index in [0.29, 0.717) is 5.69 Å². The SMILES string of the molecule is Cc1ccc(NC(=O)CN(C)C(=O)COC(=O)[C@]2(C)CC2(Cl)Cl)cc1. The van der Waals surface area contributed by atoms with Crippen LogP contribution in [0.25, 0.3) is 0 Å². The molecule has 6 nitrogen and oxygen atoms in total. The van der Waals surface area contributed by atoms with Gasteiger partial charge in [0.05, 0.1) is 6.54 Å². The molecule has 0 aromatic heterocycles. The van der Waals surface area contributed by atoms with Gasteiger partial charge in [-0.05, 0) is 26.0 Å². The number of alkyl halides is 2. The van der Waals surface area contributed by atoms with Crippen LogP contribution in [0, 0.1) is 12.3 Å². The third-order valence-corrected chi connectivity index (χ3v) is 5.28. The second kappa shape index (κ2) is 7.22. The van der Waals surface area contributed by atoms with E-state index in [1.165, 1.54) is 11.9 Å². The zero-order chi connectivity index (χ0) is 18.8. The number of anilines is 1. The van der Waals surface area contributed by atoms with Crippen LogP contribution in [-0.2, 0) is 19.1 Å². The van der Waals surface area contributed by atoms with E-state index in [-0.39, 0.29) is 18.9 Å². The number of rotatable bonds is 6. The van der Waals surface area contributed by atoms with E-state index in [0.717, 1.165) is 5.56 Å². The van der Waals surface area contributed by atoms with E-state index in [4.69, 9.17) is 27.9 Å². The number of nitrogens with zero attached hydrogens (tertiary/aromatic N) is 1. The average Bonchev–Trinajstić information content (AvgIpc) is 3.06. The first-order valence-electron chi connectivity index (χ1n) is 7.71. The Balaban J connectivity index is 1.77. The molecule has 0 spiro atoms. The van der Waals surface area contributed by atoms with Crippen molar-refractivity contribution in [2.45, 2.75) is 24.6 Å². The molecular formula is C17H20Cl2N2O4. The van der Waals surface area contributed by atoms with Crippen molar-refractivity contribution in [2.75, 3.05) is 25.5 Å². The van der Waals surface area contributed by atoms with Crippen LogP contribution < -0.4 is 5.32 Å². The Kier molecular flexibility index (Phi) is 5.64. The number of carbonyl (C=O) groups excluding carboxylic acids is 3. The molecule has 1 atom stereocenters. The molecule has 0 heterocycles. The highest BCUT2D eigenvalue weighted by atomic mass is 35.5. The monoisotopic (exact) mass is 386 g/mol. The zero-order valence-corrected chi connectivity index (χ0v) is 15.8. The van der Waals surface area contributed by atoms with Gasteiger partial charge in [-0.1, -0.05) is 17.7 Å². The molecule has 2 amide bonds. The normalized spacial score (nSPS) is 20.5. The summed E-state index contributed by atoms with van der Waals surface area (Å²) in [5, 5.41) is 2.69. The lowest BCUT2D eigenvalue weighted by atomic mass is 10.1. The van der Waals surface area contributed by atoms with Gasteiger partial charge < -0.3 is 15.0 Å². The Morgan fingerprint density at radius 2 is 1.80 bits per heavy atom. The Bertz CT molecular complexity index is 690. The number of hydrogen-bond acceptors (Lipinski definition) is 4. The van der Waals surface area contributed by atoms with Crippen LogP contribution in [0.1, 0.15) is 18.9 Å². The predicted octanol–water partition coefficient (Wildman–Crippen LogP) is 2.52. The molecule has 1 aromatic carbocycles. The van der Waals surface area contributed by atoms with Gasteiger partial charge in [0.1, 0.15) is 9.75 Å². The molecule has 1 aliphatic rings. The molecule has 2 rings (SSSR count). The largest absolute Gasteiger partial charge is 0.455 e. The lowest BCUT2D eigenvalue weighted by Crippen LogP contribution is -2.38. The number of carbonyl (C=O) groups is 3. The Morgan fingerprint density at radius 1 is 1.24 bits per heavy atom. The van der Waals surface area contributed by atoms with Crippen molar-refractivity contribution in [3.63, 3.8) is 0 Å². The van der Waals surface area contributed by atoms with E-state index < -0.39 is 28.2 Å². The molecule has 0 saturated heterocycles. The fraction of sp³-hybridized carbons (Fsp3) is 0.471. The number of esters is 1. The number of amides is 2. The van der Waals surface area contributed by atoms with Gasteiger partial charge in [-0.3, -0.25) is 14.4 Å². The second-order valence-electron chi connectivity index (χ2n) is 6.45. The van der Waals surface area contributed by atoms with Crippen molar-refractivity contribution >= 4 is 46.7 Å². The van der Waals surface area contributed by atoms with Gasteiger partial charge in [0.15, 0.2) is 6.61 Å². The lowest BCUT2D eigenvalue weighted by Gasteiger charge is -2.18. The average molecular weight is 387 g/mol. The fourth-order valence-electron chi connectivity index (χ4n) is 2.16. The summed E-state index contributed by atoms with van der Waals surface area (Å²) in [4.78, 5) is 37.0. The molecule has 0 radical (unpaired) electrons. The van der Waals surface area contributed by atoms with Crippen LogP contribution in [0.2, 0.25) is 0 Å². The summed E-state index contributed by atoms with van der Waals surface area (Å²) < 4.78 is 3.82. The van der Waals surface area contributed by atoms with Gasteiger partial charge in [0.25, 0.3) is 5.91 Å². The predicted molar refractivity (Wildman–Crippen MR) is 95.6 cm³/mol. The first-order chi connectivity index (χ1) is 11.5. The number of aryl methyl sites for hydroxylation is 1. The van der Waals surface area contributed by atoms with E-state index >= 15 is 0 Å². The summed E-state index contributed by atoms with van der Waals surface area (Å²) in [5.41, 5.74) is 0.733. The van der Waals surface area contributed by atoms with Crippen LogP contribution in [0.3, 0.4) is 0 Å². The summed E-state index contributed by atoms with van der Waals surface area (Å²) in [6, 6.07) is 7.29. The second-order valence-corrected chi connectivity index (χ2v) is 7.94. The van der Waals surface area contributed by atoms with E-state index in [9.17, 15) is 14.4 Å². The summed E-state index contributed by atoms with van der Waals surface area (Å²) in [6.07, 6.45) is 0.283. The lowest BCUT2D eigenvalue weighted by molar-refractivity contribution is -0.156. The van der Waals surface area contributed by atoms with Gasteiger partial charge in [0.2, 0.25) is 5.91 Å². The van der Waals surface area contributed by atoms with Gasteiger partial charge in [-0.25, -0.2) is 0 Å². The molecule has 0 bridgehead atoms. The van der Waals surface area contributed by atoms with E-state index in [1.807, 2.05) is 19.1 Å². The summed E-state index contributed by atoms with van der Waals surface area (Å²) in [6.45, 7) is 2.90. The van der Waals surface area contributed by atoms with Crippen molar-refractivity contribution in [1.29, 1.82) is 0 Å². The molecule has 1 aromatic rings. The molecule has 0 unspecified atom stereocenters. The smallest absolute Gasteiger partial charge is 0.315 e. The molecule has 136 valence electrons. The topological polar surface area (TPSA) is 75.7 Å². The van der Waals surface area contributed by atoms with Crippen molar-refractivity contribution in [1.82, 2.24) is 4.90 Å². The Labute approximate surface area is 156 Å². The number of halogens is 2. The Hall–Kier alpha value is -1.79. The maximum absolute atomic E-state index is 12.0. The fourth-order valence-corrected chi connectivity index (χ4v) is 2.85. The summed E-state index contributed by atoms with van der Waals surface area (Å²) in [5.74, 6) is -1.46. The van der Waals surface area contributed by atoms with Gasteiger partial charge in [-0.2, -0.15) is 0 Å². The summed E-state index contributed by atoms with van der Waals surface area (Å²) >= 11 is 11.8. The van der Waals surface area contributed by atoms with Gasteiger partial charge in [-0.15, -0.1) is 23.2 Å². The highest BCUT2D eigenvalue weighted by Crippen LogP contribution is 2.64. The standard InChI is InChI=1S/C17H20Cl2N2O4/c1-11-4-6-12(7-5-11)20-13(22)8-21(3)14(23)9-25-15(24)16(2)10-17(16,18)19/h4-7H,8-10H2,1-3H3,(H,20,22)/t16-/m0/s1. The van der Waals surface area contributed by atoms with Crippen LogP contribution >= 0.6 is 23.2 Å². The molecule has 1 N–H and O–H groups in total. The van der Waals surface area contributed by atoms with E-state index in [1.54, 1.807) is 19.1 Å². The van der Waals surface area contributed by atoms with Gasteiger partial charge >= 0.3 is 5.97 Å². The highest BCUT2D eigenvalue weighted by Gasteiger charge is 2.69. The van der Waals surface area contributed by atoms with Crippen molar-refractivity contribution in [3.8, 4) is 0 Å². The molecule has 1 fully saturated rings. The minimum Gasteiger partial charge on any atom is -0.455 e. The third-order valence-electron chi connectivity index (χ3n) is 4.18. The number of hydrogen-bond donors (Lipinski definition) is 1. The molecule has 25 heavy (non-hydrogen) atoms. The third kappa shape index (κ3) is 4.64. The molecule has 1 aliphatic carbocycles. The van der Waals surface area contributed by atoms with Crippen molar-refractivity contribution in [2.24, 2.45) is 5.41 Å². The number of nitrogens with one attached hydrogen (secondary N) is 1. The van der Waals surface area contributed by atoms with Crippen LogP contribution in [0.4, 0.5) is 5.69 Å². The van der Waals surface area contributed by atoms with Crippen LogP contribution in [-0.4, -0.2) is 47.2 Å². The number of likely N-dealkylation sites (N-methyl/N-ethyl adjacent to an activating group) is 1. The van der Waals surface area contributed by atoms with Crippen LogP contribution in [0.15, 0.2) is 24.3 Å². The maximum atomic E-state index is 12.0. The first kappa shape index (κ1) is 19.5. The van der Waals surface area contributed by atoms with Crippen LogP contribution in [0.5, 0.6) is 0 Å². The first-order valence-corrected chi connectivity index (χ1v) is 8.46. The Morgan fingerprint density at radius 3 is 2.32 bits per heavy atom. The minimum absolute atomic E-state index is 0.156. The van der Waals surface area contributed by atoms with Crippen molar-refractivity contribution in [3.05, 3.63) is 29.8 Å². The van der Waals surface area contributed by atoms with Crippen molar-refractivity contribution < 1.29 is 19.1 Å². The van der Waals surface area contributed by atoms with E-state index in [2.05, 4.69) is 5.32 Å². The number of ether oxygens (including phenoxy) is 1. The highest BCUT2D eigenvalue weighted by molar-refractivity contribution is 6.53. The number of benzene rings is 1. The minimum atomic E-state index is -1.15. The summed E-state index contributed by atoms with van der Waals surface area (Å²) in [7, 11) is 1.46. The molecule has 1 saturated carbocycles. The maximum Gasteiger partial charge on any atom is 0.315 e. The van der Waals surface area contributed by atoms with Gasteiger partial charge in [0, 0.05) is 19.2 Å². The quantitative estimate of drug-likeness (QED) is 0.601. The molecular weight excluding hydrogens is 367 g/mol. The molecule has 8 heteroatoms.